The van der Waals surface area contributed by atoms with E-state index in [9.17, 15) is 13.6 Å². The van der Waals surface area contributed by atoms with Crippen molar-refractivity contribution in [2.75, 3.05) is 0 Å². The molecule has 5 rings (SSSR count). The first kappa shape index (κ1) is 23.2. The normalized spacial score (nSPS) is 23.5. The molecule has 6 nitrogen and oxygen atoms in total. The van der Waals surface area contributed by atoms with Crippen molar-refractivity contribution in [2.24, 2.45) is 17.8 Å². The molecule has 3 atom stereocenters. The van der Waals surface area contributed by atoms with Gasteiger partial charge in [-0.1, -0.05) is 27.2 Å². The minimum absolute atomic E-state index is 0.0735. The fourth-order valence-corrected chi connectivity index (χ4v) is 7.16. The highest BCUT2D eigenvalue weighted by molar-refractivity contribution is 7.92. The van der Waals surface area contributed by atoms with E-state index in [4.69, 9.17) is 4.74 Å². The number of H-pyrrole nitrogens is 1. The molecule has 2 fully saturated rings. The third kappa shape index (κ3) is 4.08. The summed E-state index contributed by atoms with van der Waals surface area (Å²) in [5, 5.41) is 13.1. The Kier molecular flexibility index (Phi) is 5.87. The number of aromatic amines is 1. The lowest BCUT2D eigenvalue weighted by Gasteiger charge is -2.37. The van der Waals surface area contributed by atoms with Gasteiger partial charge >= 0.3 is 0 Å². The minimum Gasteiger partial charge on any atom is -0.710 e. The van der Waals surface area contributed by atoms with Crippen LogP contribution in [0.4, 0.5) is 0 Å². The van der Waals surface area contributed by atoms with Gasteiger partial charge in [-0.05, 0) is 80.7 Å². The molecule has 2 heterocycles. The number of rotatable bonds is 6. The van der Waals surface area contributed by atoms with E-state index in [0.717, 1.165) is 34.1 Å². The van der Waals surface area contributed by atoms with E-state index in [1.54, 1.807) is 25.3 Å². The van der Waals surface area contributed by atoms with Gasteiger partial charge in [0.05, 0.1) is 21.7 Å². The highest BCUT2D eigenvalue weighted by Crippen LogP contribution is 2.42. The molecular formula is C27H34N2O4S. The molecule has 7 heteroatoms. The van der Waals surface area contributed by atoms with Crippen molar-refractivity contribution in [3.63, 3.8) is 0 Å². The van der Waals surface area contributed by atoms with E-state index in [0.29, 0.717) is 52.6 Å². The van der Waals surface area contributed by atoms with Crippen LogP contribution < -0.4 is 9.47 Å². The first-order valence-corrected chi connectivity index (χ1v) is 14.0. The van der Waals surface area contributed by atoms with Crippen molar-refractivity contribution >= 4 is 20.9 Å². The SMILES string of the molecule is Cc1cc(-c2cc(S(=O)(=O)C3CC3)ccc2O[C@H]2C[C@@H](C)CC[C@@H]2C(C)C)c2cc[nH]c2[n+]1[O-]. The van der Waals surface area contributed by atoms with E-state index in [-0.39, 0.29) is 11.4 Å². The molecule has 0 bridgehead atoms. The molecular weight excluding hydrogens is 448 g/mol. The van der Waals surface area contributed by atoms with Gasteiger partial charge in [0.15, 0.2) is 9.84 Å². The topological polar surface area (TPSA) is 86.1 Å². The highest BCUT2D eigenvalue weighted by atomic mass is 32.2. The first-order valence-electron chi connectivity index (χ1n) is 12.4. The second-order valence-corrected chi connectivity index (χ2v) is 12.8. The highest BCUT2D eigenvalue weighted by Gasteiger charge is 2.38. The standard InChI is InChI=1S/C27H34N2O4S/c1-16(2)21-9-5-17(3)13-26(21)33-25-10-8-20(34(31,32)19-6-7-19)15-24(25)23-14-18(4)29(30)27-22(23)11-12-28-27/h8,10-12,14-17,19,21,26,28H,5-7,9,13H2,1-4H3/t17-,21+,26-/m0/s1. The molecule has 2 aromatic heterocycles. The fraction of sp³-hybridized carbons (Fsp3) is 0.519. The Labute approximate surface area is 201 Å². The number of fused-ring (bicyclic) bond motifs is 1. The largest absolute Gasteiger partial charge is 0.710 e. The molecule has 0 spiro atoms. The number of hydrogen-bond donors (Lipinski definition) is 1. The number of aryl methyl sites for hydroxylation is 1. The molecule has 0 saturated heterocycles. The van der Waals surface area contributed by atoms with Crippen LogP contribution in [0.3, 0.4) is 0 Å². The van der Waals surface area contributed by atoms with E-state index >= 15 is 0 Å². The number of hydrogen-bond acceptors (Lipinski definition) is 4. The molecule has 2 aliphatic carbocycles. The molecule has 2 aliphatic rings. The Morgan fingerprint density at radius 2 is 1.85 bits per heavy atom. The van der Waals surface area contributed by atoms with Crippen LogP contribution in [0, 0.1) is 29.9 Å². The van der Waals surface area contributed by atoms with Crippen LogP contribution in [0.25, 0.3) is 22.2 Å². The number of pyridine rings is 1. The van der Waals surface area contributed by atoms with Gasteiger partial charge in [0.25, 0.3) is 5.65 Å². The van der Waals surface area contributed by atoms with Crippen molar-refractivity contribution in [2.45, 2.75) is 76.0 Å². The number of sulfone groups is 1. The second-order valence-electron chi connectivity index (χ2n) is 10.6. The molecule has 0 unspecified atom stereocenters. The zero-order valence-corrected chi connectivity index (χ0v) is 21.2. The van der Waals surface area contributed by atoms with Crippen molar-refractivity contribution in [3.05, 3.63) is 47.4 Å². The van der Waals surface area contributed by atoms with Gasteiger partial charge in [-0.15, -0.1) is 0 Å². The lowest BCUT2D eigenvalue weighted by atomic mass is 9.75. The summed E-state index contributed by atoms with van der Waals surface area (Å²) in [6.45, 7) is 8.54. The van der Waals surface area contributed by atoms with Gasteiger partial charge in [-0.2, -0.15) is 0 Å². The number of benzene rings is 1. The summed E-state index contributed by atoms with van der Waals surface area (Å²) >= 11 is 0. The molecule has 0 amide bonds. The van der Waals surface area contributed by atoms with E-state index in [1.807, 2.05) is 18.2 Å². The van der Waals surface area contributed by atoms with E-state index in [1.165, 1.54) is 6.42 Å². The van der Waals surface area contributed by atoms with Crippen LogP contribution in [0.1, 0.15) is 58.6 Å². The molecule has 3 aromatic rings. The summed E-state index contributed by atoms with van der Waals surface area (Å²) in [5.74, 6) is 2.23. The van der Waals surface area contributed by atoms with Crippen LogP contribution in [-0.2, 0) is 9.84 Å². The maximum atomic E-state index is 13.1. The Hall–Kier alpha value is -2.54. The Morgan fingerprint density at radius 3 is 2.56 bits per heavy atom. The lowest BCUT2D eigenvalue weighted by Crippen LogP contribution is -2.36. The molecule has 2 saturated carbocycles. The zero-order chi connectivity index (χ0) is 24.2. The maximum Gasteiger partial charge on any atom is 0.290 e. The van der Waals surface area contributed by atoms with Crippen LogP contribution in [-0.4, -0.2) is 24.8 Å². The van der Waals surface area contributed by atoms with Crippen LogP contribution in [0.5, 0.6) is 5.75 Å². The summed E-state index contributed by atoms with van der Waals surface area (Å²) in [4.78, 5) is 3.36. The predicted molar refractivity (Wildman–Crippen MR) is 133 cm³/mol. The summed E-state index contributed by atoms with van der Waals surface area (Å²) in [5.41, 5.74) is 2.55. The summed E-state index contributed by atoms with van der Waals surface area (Å²) in [6, 6.07) is 8.98. The number of nitrogens with one attached hydrogen (secondary N) is 1. The summed E-state index contributed by atoms with van der Waals surface area (Å²) in [7, 11) is -3.37. The third-order valence-electron chi connectivity index (χ3n) is 7.66. The van der Waals surface area contributed by atoms with E-state index in [2.05, 4.69) is 25.8 Å². The smallest absolute Gasteiger partial charge is 0.290 e. The van der Waals surface area contributed by atoms with E-state index < -0.39 is 9.84 Å². The zero-order valence-electron chi connectivity index (χ0n) is 20.4. The average Bonchev–Trinajstić information content (AvgIpc) is 3.54. The fourth-order valence-electron chi connectivity index (χ4n) is 5.47. The molecule has 1 N–H and O–H groups in total. The van der Waals surface area contributed by atoms with Crippen molar-refractivity contribution in [1.82, 2.24) is 4.98 Å². The van der Waals surface area contributed by atoms with Crippen LogP contribution in [0.2, 0.25) is 0 Å². The van der Waals surface area contributed by atoms with Crippen molar-refractivity contribution in [1.29, 1.82) is 0 Å². The van der Waals surface area contributed by atoms with Gasteiger partial charge in [-0.3, -0.25) is 0 Å². The lowest BCUT2D eigenvalue weighted by molar-refractivity contribution is -0.586. The molecule has 34 heavy (non-hydrogen) atoms. The van der Waals surface area contributed by atoms with Crippen LogP contribution >= 0.6 is 0 Å². The number of nitrogens with zero attached hydrogens (tertiary/aromatic N) is 1. The Balaban J connectivity index is 1.66. The van der Waals surface area contributed by atoms with Gasteiger partial charge < -0.3 is 9.94 Å². The second kappa shape index (κ2) is 8.59. The molecule has 1 aromatic carbocycles. The molecule has 182 valence electrons. The van der Waals surface area contributed by atoms with Gasteiger partial charge in [0.2, 0.25) is 0 Å². The molecule has 0 aliphatic heterocycles. The average molecular weight is 483 g/mol. The molecule has 0 radical (unpaired) electrons. The predicted octanol–water partition coefficient (Wildman–Crippen LogP) is 5.55. The minimum atomic E-state index is -3.37. The van der Waals surface area contributed by atoms with Crippen LogP contribution in [0.15, 0.2) is 41.4 Å². The Morgan fingerprint density at radius 1 is 1.09 bits per heavy atom. The van der Waals surface area contributed by atoms with Crippen molar-refractivity contribution in [3.8, 4) is 16.9 Å². The van der Waals surface area contributed by atoms with Crippen molar-refractivity contribution < 1.29 is 17.9 Å². The monoisotopic (exact) mass is 482 g/mol. The first-order chi connectivity index (χ1) is 16.2. The number of ether oxygens (including phenoxy) is 1. The third-order valence-corrected chi connectivity index (χ3v) is 9.92. The summed E-state index contributed by atoms with van der Waals surface area (Å²) in [6.07, 6.45) is 6.58. The quantitative estimate of drug-likeness (QED) is 0.368. The maximum absolute atomic E-state index is 13.1. The Bertz CT molecular complexity index is 1320. The number of aromatic nitrogens is 2. The summed E-state index contributed by atoms with van der Waals surface area (Å²) < 4.78 is 33.8. The van der Waals surface area contributed by atoms with Gasteiger partial charge in [0, 0.05) is 11.1 Å². The van der Waals surface area contributed by atoms with Gasteiger partial charge in [0.1, 0.15) is 17.5 Å². The van der Waals surface area contributed by atoms with Gasteiger partial charge in [-0.25, -0.2) is 18.1 Å².